The predicted molar refractivity (Wildman–Crippen MR) is 113 cm³/mol. The Morgan fingerprint density at radius 3 is 2.45 bits per heavy atom. The number of aromatic nitrogens is 1. The number of carbonyl (C=O) groups is 1. The van der Waals surface area contributed by atoms with Gasteiger partial charge in [0.1, 0.15) is 0 Å². The molecule has 2 heterocycles. The van der Waals surface area contributed by atoms with Gasteiger partial charge >= 0.3 is 12.1 Å². The van der Waals surface area contributed by atoms with Crippen LogP contribution in [0.5, 0.6) is 0 Å². The third kappa shape index (κ3) is 4.58. The Morgan fingerprint density at radius 1 is 1.12 bits per heavy atom. The van der Waals surface area contributed by atoms with Gasteiger partial charge in [-0.2, -0.15) is 13.2 Å². The predicted octanol–water partition coefficient (Wildman–Crippen LogP) is 2.18. The van der Waals surface area contributed by atoms with E-state index < -0.39 is 41.8 Å². The molecule has 33 heavy (non-hydrogen) atoms. The van der Waals surface area contributed by atoms with Crippen molar-refractivity contribution in [3.8, 4) is 11.1 Å². The monoisotopic (exact) mass is 461 g/mol. The molecule has 1 fully saturated rings. The molecule has 1 saturated heterocycles. The fourth-order valence-corrected chi connectivity index (χ4v) is 3.64. The summed E-state index contributed by atoms with van der Waals surface area (Å²) in [6.07, 6.45) is -7.00. The lowest BCUT2D eigenvalue weighted by Gasteiger charge is -2.38. The van der Waals surface area contributed by atoms with E-state index in [1.165, 1.54) is 29.2 Å². The number of halogens is 3. The number of pyridine rings is 1. The number of alkyl halides is 3. The van der Waals surface area contributed by atoms with Crippen molar-refractivity contribution in [1.82, 2.24) is 4.98 Å². The van der Waals surface area contributed by atoms with Gasteiger partial charge in [-0.1, -0.05) is 18.2 Å². The molecule has 11 heteroatoms. The van der Waals surface area contributed by atoms with Crippen LogP contribution in [0, 0.1) is 0 Å². The molecule has 3 aromatic rings. The first-order chi connectivity index (χ1) is 15.6. The zero-order valence-corrected chi connectivity index (χ0v) is 17.0. The van der Waals surface area contributed by atoms with Crippen molar-refractivity contribution in [2.24, 2.45) is 0 Å². The fraction of sp³-hybridized carbons (Fsp3) is 0.273. The molecule has 1 aliphatic heterocycles. The molecule has 172 valence electrons. The largest absolute Gasteiger partial charge is 0.479 e. The molecule has 4 rings (SSSR count). The maximum Gasteiger partial charge on any atom is 0.416 e. The van der Waals surface area contributed by atoms with Gasteiger partial charge in [-0.05, 0) is 29.8 Å². The van der Waals surface area contributed by atoms with Gasteiger partial charge in [0, 0.05) is 11.9 Å². The molecule has 2 unspecified atom stereocenters. The highest BCUT2D eigenvalue weighted by Gasteiger charge is 2.47. The number of aliphatic carboxylic acids is 1. The molecule has 0 aliphatic carbocycles. The molecule has 2 N–H and O–H groups in total. The lowest BCUT2D eigenvalue weighted by atomic mass is 9.98. The van der Waals surface area contributed by atoms with E-state index in [4.69, 9.17) is 5.11 Å². The number of nitrogens with zero attached hydrogens (tertiary/aromatic N) is 2. The second kappa shape index (κ2) is 8.66. The van der Waals surface area contributed by atoms with E-state index >= 15 is 0 Å². The summed E-state index contributed by atoms with van der Waals surface area (Å²) in [5.41, 5.74) is 0.433. The second-order valence-electron chi connectivity index (χ2n) is 7.53. The summed E-state index contributed by atoms with van der Waals surface area (Å²) in [5.74, 6) is -1.49. The Morgan fingerprint density at radius 2 is 1.85 bits per heavy atom. The molecule has 0 radical (unpaired) electrons. The van der Waals surface area contributed by atoms with Gasteiger partial charge in [-0.15, -0.1) is 0 Å². The van der Waals surface area contributed by atoms with E-state index in [2.05, 4.69) is 15.0 Å². The van der Waals surface area contributed by atoms with Crippen LogP contribution in [-0.2, 0) is 16.1 Å². The normalized spacial score (nSPS) is 18.9. The molecule has 0 spiro atoms. The molecule has 2 aromatic carbocycles. The van der Waals surface area contributed by atoms with Gasteiger partial charge in [0.25, 0.3) is 0 Å². The van der Waals surface area contributed by atoms with Crippen molar-refractivity contribution in [2.45, 2.75) is 24.9 Å². The maximum absolute atomic E-state index is 13.2. The van der Waals surface area contributed by atoms with Crippen molar-refractivity contribution in [1.29, 1.82) is 0 Å². The molecule has 2 atom stereocenters. The summed E-state index contributed by atoms with van der Waals surface area (Å²) in [4.78, 5) is 40.9. The third-order valence-corrected chi connectivity index (χ3v) is 5.35. The Balaban J connectivity index is 1.54. The summed E-state index contributed by atoms with van der Waals surface area (Å²) in [6, 6.07) is 11.3. The van der Waals surface area contributed by atoms with Crippen LogP contribution >= 0.6 is 0 Å². The Bertz CT molecular complexity index is 1220. The SMILES string of the molecule is O=C(O)C1CN(c2ccc(-c3c(NCc4ccccn4)c(=O)c3=O)cc2)CC(C(F)(F)F)O1. The summed E-state index contributed by atoms with van der Waals surface area (Å²) in [6.45, 7) is -0.595. The van der Waals surface area contributed by atoms with Crippen LogP contribution in [0.25, 0.3) is 11.1 Å². The van der Waals surface area contributed by atoms with Gasteiger partial charge < -0.3 is 20.1 Å². The lowest BCUT2D eigenvalue weighted by molar-refractivity contribution is -0.237. The molecule has 1 aliphatic rings. The second-order valence-corrected chi connectivity index (χ2v) is 7.53. The summed E-state index contributed by atoms with van der Waals surface area (Å²) in [7, 11) is 0. The van der Waals surface area contributed by atoms with Crippen LogP contribution < -0.4 is 21.1 Å². The van der Waals surface area contributed by atoms with Gasteiger partial charge in [0.2, 0.25) is 10.9 Å². The van der Waals surface area contributed by atoms with Crippen LogP contribution in [0.2, 0.25) is 0 Å². The third-order valence-electron chi connectivity index (χ3n) is 5.35. The Kier molecular flexibility index (Phi) is 5.90. The van der Waals surface area contributed by atoms with Crippen LogP contribution in [0.4, 0.5) is 24.5 Å². The topological polar surface area (TPSA) is 109 Å². The minimum Gasteiger partial charge on any atom is -0.479 e. The number of hydrogen-bond donors (Lipinski definition) is 2. The molecule has 0 amide bonds. The highest BCUT2D eigenvalue weighted by molar-refractivity contribution is 5.82. The number of nitrogens with one attached hydrogen (secondary N) is 1. The molecule has 1 aromatic heterocycles. The van der Waals surface area contributed by atoms with Crippen LogP contribution in [-0.4, -0.2) is 47.5 Å². The summed E-state index contributed by atoms with van der Waals surface area (Å²) in [5, 5.41) is 12.1. The van der Waals surface area contributed by atoms with Crippen molar-refractivity contribution in [3.63, 3.8) is 0 Å². The first-order valence-electron chi connectivity index (χ1n) is 9.92. The number of anilines is 2. The maximum atomic E-state index is 13.2. The van der Waals surface area contributed by atoms with E-state index in [1.807, 2.05) is 0 Å². The highest BCUT2D eigenvalue weighted by Crippen LogP contribution is 2.32. The van der Waals surface area contributed by atoms with Gasteiger partial charge in [0.15, 0.2) is 12.2 Å². The minimum atomic E-state index is -4.72. The Hall–Kier alpha value is -3.73. The highest BCUT2D eigenvalue weighted by atomic mass is 19.4. The van der Waals surface area contributed by atoms with E-state index in [9.17, 15) is 27.6 Å². The zero-order valence-electron chi connectivity index (χ0n) is 17.0. The summed E-state index contributed by atoms with van der Waals surface area (Å²) < 4.78 is 44.2. The van der Waals surface area contributed by atoms with Crippen molar-refractivity contribution in [3.05, 3.63) is 74.8 Å². The number of carboxylic acids is 1. The standard InChI is InChI=1S/C22H18F3N3O5/c23-22(24,25)16-11-28(10-15(33-16)21(31)32)14-6-4-12(5-7-14)17-18(20(30)19(17)29)27-9-13-3-1-2-8-26-13/h1-8,15-16,27H,9-11H2,(H,31,32). The number of benzene rings is 1. The fourth-order valence-electron chi connectivity index (χ4n) is 3.64. The van der Waals surface area contributed by atoms with Crippen molar-refractivity contribution >= 4 is 17.3 Å². The quantitative estimate of drug-likeness (QED) is 0.538. The molecular formula is C22H18F3N3O5. The molecule has 0 saturated carbocycles. The summed E-state index contributed by atoms with van der Waals surface area (Å²) >= 11 is 0. The molecular weight excluding hydrogens is 443 g/mol. The minimum absolute atomic E-state index is 0.146. The van der Waals surface area contributed by atoms with Crippen LogP contribution in [0.15, 0.2) is 58.3 Å². The number of rotatable bonds is 6. The first-order valence-corrected chi connectivity index (χ1v) is 9.92. The van der Waals surface area contributed by atoms with Crippen LogP contribution in [0.1, 0.15) is 5.69 Å². The first kappa shape index (κ1) is 22.5. The zero-order chi connectivity index (χ0) is 23.8. The Labute approximate surface area is 184 Å². The number of hydrogen-bond acceptors (Lipinski definition) is 7. The lowest BCUT2D eigenvalue weighted by Crippen LogP contribution is -2.55. The van der Waals surface area contributed by atoms with E-state index in [1.54, 1.807) is 24.4 Å². The number of morpholine rings is 1. The van der Waals surface area contributed by atoms with Gasteiger partial charge in [-0.25, -0.2) is 4.79 Å². The van der Waals surface area contributed by atoms with E-state index in [0.717, 1.165) is 0 Å². The number of ether oxygens (including phenoxy) is 1. The van der Waals surface area contributed by atoms with E-state index in [-0.39, 0.29) is 24.3 Å². The average Bonchev–Trinajstić information content (AvgIpc) is 2.81. The average molecular weight is 461 g/mol. The molecule has 8 nitrogen and oxygen atoms in total. The van der Waals surface area contributed by atoms with Gasteiger partial charge in [-0.3, -0.25) is 14.6 Å². The molecule has 0 bridgehead atoms. The van der Waals surface area contributed by atoms with Crippen LogP contribution in [0.3, 0.4) is 0 Å². The van der Waals surface area contributed by atoms with Crippen molar-refractivity contribution < 1.29 is 27.8 Å². The smallest absolute Gasteiger partial charge is 0.416 e. The van der Waals surface area contributed by atoms with Gasteiger partial charge in [0.05, 0.1) is 36.6 Å². The van der Waals surface area contributed by atoms with Crippen molar-refractivity contribution in [2.75, 3.05) is 23.3 Å². The number of carboxylic acid groups (broad SMARTS) is 1. The van der Waals surface area contributed by atoms with E-state index in [0.29, 0.717) is 16.9 Å².